The largest absolute Gasteiger partial charge is 0.454 e. The highest BCUT2D eigenvalue weighted by molar-refractivity contribution is 5.70. The first-order valence-electron chi connectivity index (χ1n) is 11.8. The topological polar surface area (TPSA) is 55.8 Å². The van der Waals surface area contributed by atoms with Crippen LogP contribution in [0.3, 0.4) is 0 Å². The predicted octanol–water partition coefficient (Wildman–Crippen LogP) is 5.10. The Hall–Kier alpha value is -2.43. The molecule has 4 nitrogen and oxygen atoms in total. The maximum atomic E-state index is 13.0. The molecule has 1 aliphatic carbocycles. The summed E-state index contributed by atoms with van der Waals surface area (Å²) in [5.74, 6) is -0.111. The highest BCUT2D eigenvalue weighted by atomic mass is 16.6. The van der Waals surface area contributed by atoms with E-state index in [1.807, 2.05) is 55.5 Å². The van der Waals surface area contributed by atoms with E-state index < -0.39 is 23.4 Å². The van der Waals surface area contributed by atoms with E-state index in [0.29, 0.717) is 12.8 Å². The molecule has 168 valence electrons. The minimum Gasteiger partial charge on any atom is -0.454 e. The summed E-state index contributed by atoms with van der Waals surface area (Å²) in [7, 11) is 0. The molecule has 2 aromatic carbocycles. The molecule has 2 aliphatic heterocycles. The van der Waals surface area contributed by atoms with E-state index in [1.165, 1.54) is 16.7 Å². The molecular formula is C28H32O4. The van der Waals surface area contributed by atoms with Gasteiger partial charge in [-0.25, -0.2) is 0 Å². The third-order valence-corrected chi connectivity index (χ3v) is 7.84. The molecule has 0 saturated carbocycles. The third-order valence-electron chi connectivity index (χ3n) is 7.84. The van der Waals surface area contributed by atoms with Crippen LogP contribution in [-0.2, 0) is 26.3 Å². The Morgan fingerprint density at radius 2 is 1.81 bits per heavy atom. The van der Waals surface area contributed by atoms with Crippen molar-refractivity contribution in [3.05, 3.63) is 82.9 Å². The van der Waals surface area contributed by atoms with Crippen molar-refractivity contribution >= 4 is 5.97 Å². The molecule has 0 amide bonds. The Kier molecular flexibility index (Phi) is 5.47. The summed E-state index contributed by atoms with van der Waals surface area (Å²) >= 11 is 0. The first kappa shape index (κ1) is 21.4. The SMILES string of the molecule is CC1=C2C(OC(=O)CCCc3ccccc3)C3(c4ccccc4)CC(O)C(C)(O3)C2CC1. The van der Waals surface area contributed by atoms with Crippen molar-refractivity contribution in [2.24, 2.45) is 5.92 Å². The van der Waals surface area contributed by atoms with Crippen LogP contribution in [0.1, 0.15) is 57.1 Å². The Labute approximate surface area is 190 Å². The summed E-state index contributed by atoms with van der Waals surface area (Å²) in [5.41, 5.74) is 3.15. The Balaban J connectivity index is 1.43. The molecule has 0 spiro atoms. The second-order valence-electron chi connectivity index (χ2n) is 9.80. The van der Waals surface area contributed by atoms with E-state index >= 15 is 0 Å². The van der Waals surface area contributed by atoms with Crippen LogP contribution in [-0.4, -0.2) is 28.9 Å². The van der Waals surface area contributed by atoms with Crippen molar-refractivity contribution in [3.63, 3.8) is 0 Å². The minimum absolute atomic E-state index is 0.0824. The smallest absolute Gasteiger partial charge is 0.306 e. The molecule has 3 aliphatic rings. The number of hydrogen-bond acceptors (Lipinski definition) is 4. The number of aliphatic hydroxyl groups is 1. The van der Waals surface area contributed by atoms with Gasteiger partial charge in [0.15, 0.2) is 6.10 Å². The zero-order valence-electron chi connectivity index (χ0n) is 18.9. The fraction of sp³-hybridized carbons (Fsp3) is 0.464. The predicted molar refractivity (Wildman–Crippen MR) is 123 cm³/mol. The van der Waals surface area contributed by atoms with Gasteiger partial charge in [0.2, 0.25) is 0 Å². The Morgan fingerprint density at radius 3 is 2.53 bits per heavy atom. The van der Waals surface area contributed by atoms with Crippen LogP contribution >= 0.6 is 0 Å². The molecule has 2 saturated heterocycles. The molecule has 2 bridgehead atoms. The van der Waals surface area contributed by atoms with Gasteiger partial charge >= 0.3 is 5.97 Å². The number of hydrogen-bond donors (Lipinski definition) is 1. The van der Waals surface area contributed by atoms with Crippen LogP contribution < -0.4 is 0 Å². The van der Waals surface area contributed by atoms with Gasteiger partial charge in [0.05, 0.1) is 11.7 Å². The highest BCUT2D eigenvalue weighted by Crippen LogP contribution is 2.62. The normalized spacial score (nSPS) is 33.3. The molecular weight excluding hydrogens is 400 g/mol. The van der Waals surface area contributed by atoms with Gasteiger partial charge < -0.3 is 14.6 Å². The van der Waals surface area contributed by atoms with Crippen LogP contribution in [0.5, 0.6) is 0 Å². The number of rotatable bonds is 6. The van der Waals surface area contributed by atoms with E-state index in [4.69, 9.17) is 9.47 Å². The number of carbonyl (C=O) groups is 1. The van der Waals surface area contributed by atoms with E-state index in [0.717, 1.165) is 31.2 Å². The maximum absolute atomic E-state index is 13.0. The van der Waals surface area contributed by atoms with Gasteiger partial charge in [-0.3, -0.25) is 4.79 Å². The van der Waals surface area contributed by atoms with Gasteiger partial charge in [-0.2, -0.15) is 0 Å². The van der Waals surface area contributed by atoms with Gasteiger partial charge in [0.25, 0.3) is 0 Å². The van der Waals surface area contributed by atoms with Gasteiger partial charge in [0.1, 0.15) is 5.60 Å². The lowest BCUT2D eigenvalue weighted by molar-refractivity contribution is -0.214. The average Bonchev–Trinajstić information content (AvgIpc) is 3.30. The Bertz CT molecular complexity index is 1010. The second kappa shape index (κ2) is 8.17. The number of allylic oxidation sites excluding steroid dienone is 1. The van der Waals surface area contributed by atoms with Gasteiger partial charge in [-0.15, -0.1) is 0 Å². The molecule has 2 fully saturated rings. The number of fused-ring (bicyclic) bond motifs is 4. The summed E-state index contributed by atoms with van der Waals surface area (Å²) in [6, 6.07) is 20.2. The molecule has 5 unspecified atom stereocenters. The van der Waals surface area contributed by atoms with Gasteiger partial charge in [-0.05, 0) is 56.2 Å². The average molecular weight is 433 g/mol. The lowest BCUT2D eigenvalue weighted by atomic mass is 9.75. The van der Waals surface area contributed by atoms with Gasteiger partial charge in [-0.1, -0.05) is 66.2 Å². The summed E-state index contributed by atoms with van der Waals surface area (Å²) in [5, 5.41) is 11.1. The number of benzene rings is 2. The molecule has 32 heavy (non-hydrogen) atoms. The van der Waals surface area contributed by atoms with E-state index in [-0.39, 0.29) is 11.9 Å². The van der Waals surface area contributed by atoms with Crippen molar-refractivity contribution in [1.29, 1.82) is 0 Å². The van der Waals surface area contributed by atoms with Crippen molar-refractivity contribution in [2.75, 3.05) is 0 Å². The quantitative estimate of drug-likeness (QED) is 0.510. The van der Waals surface area contributed by atoms with Crippen LogP contribution in [0.2, 0.25) is 0 Å². The summed E-state index contributed by atoms with van der Waals surface area (Å²) in [4.78, 5) is 13.0. The van der Waals surface area contributed by atoms with E-state index in [2.05, 4.69) is 19.1 Å². The summed E-state index contributed by atoms with van der Waals surface area (Å²) in [6.07, 6.45) is 3.19. The summed E-state index contributed by atoms with van der Waals surface area (Å²) in [6.45, 7) is 4.17. The monoisotopic (exact) mass is 432 g/mol. The zero-order chi connectivity index (χ0) is 22.3. The lowest BCUT2D eigenvalue weighted by Gasteiger charge is -2.48. The standard InChI is InChI=1S/C28H32O4/c1-19-16-17-22-25(19)26(31-24(30)15-9-12-20-10-5-3-6-11-20)28(21-13-7-4-8-14-21)18-23(29)27(22,2)32-28/h3-8,10-11,13-14,22-23,26,29H,9,12,15-18H2,1-2H3. The number of aliphatic hydroxyl groups excluding tert-OH is 1. The molecule has 0 radical (unpaired) electrons. The van der Waals surface area contributed by atoms with Crippen molar-refractivity contribution < 1.29 is 19.4 Å². The van der Waals surface area contributed by atoms with Crippen molar-refractivity contribution in [3.8, 4) is 0 Å². The molecule has 5 rings (SSSR count). The van der Waals surface area contributed by atoms with Crippen molar-refractivity contribution in [2.45, 2.75) is 75.8 Å². The van der Waals surface area contributed by atoms with Crippen LogP contribution in [0, 0.1) is 5.92 Å². The molecule has 5 atom stereocenters. The fourth-order valence-electron chi connectivity index (χ4n) is 6.15. The second-order valence-corrected chi connectivity index (χ2v) is 9.80. The number of esters is 1. The van der Waals surface area contributed by atoms with E-state index in [1.54, 1.807) is 0 Å². The molecule has 2 aromatic rings. The lowest BCUT2D eigenvalue weighted by Crippen LogP contribution is -2.55. The number of carbonyl (C=O) groups excluding carboxylic acids is 1. The maximum Gasteiger partial charge on any atom is 0.306 e. The molecule has 4 heteroatoms. The first-order chi connectivity index (χ1) is 15.4. The van der Waals surface area contributed by atoms with Crippen LogP contribution in [0.4, 0.5) is 0 Å². The highest BCUT2D eigenvalue weighted by Gasteiger charge is 2.68. The minimum atomic E-state index is -0.845. The Morgan fingerprint density at radius 1 is 1.12 bits per heavy atom. The van der Waals surface area contributed by atoms with Crippen molar-refractivity contribution in [1.82, 2.24) is 0 Å². The van der Waals surface area contributed by atoms with Gasteiger partial charge in [0, 0.05) is 18.8 Å². The molecule has 1 N–H and O–H groups in total. The fourth-order valence-corrected chi connectivity index (χ4v) is 6.15. The van der Waals surface area contributed by atoms with Crippen LogP contribution in [0.15, 0.2) is 71.8 Å². The molecule has 0 aromatic heterocycles. The van der Waals surface area contributed by atoms with E-state index in [9.17, 15) is 9.90 Å². The number of aryl methyl sites for hydroxylation is 1. The zero-order valence-corrected chi connectivity index (χ0v) is 18.9. The van der Waals surface area contributed by atoms with Crippen LogP contribution in [0.25, 0.3) is 0 Å². The summed E-state index contributed by atoms with van der Waals surface area (Å²) < 4.78 is 13.0. The third kappa shape index (κ3) is 3.41. The number of ether oxygens (including phenoxy) is 2. The first-order valence-corrected chi connectivity index (χ1v) is 11.8. The molecule has 2 heterocycles.